The van der Waals surface area contributed by atoms with Crippen LogP contribution in [-0.2, 0) is 0 Å². The molecule has 4 nitrogen and oxygen atoms in total. The lowest BCUT2D eigenvalue weighted by Crippen LogP contribution is -2.40. The number of para-hydroxylation sites is 2. The summed E-state index contributed by atoms with van der Waals surface area (Å²) in [6.45, 7) is 7.03. The summed E-state index contributed by atoms with van der Waals surface area (Å²) in [7, 11) is 0. The highest BCUT2D eigenvalue weighted by atomic mass is 15.3. The molecule has 2 aromatic rings. The van der Waals surface area contributed by atoms with Crippen molar-refractivity contribution in [2.75, 3.05) is 49.1 Å². The summed E-state index contributed by atoms with van der Waals surface area (Å²) >= 11 is 0. The minimum atomic E-state index is 0.998. The van der Waals surface area contributed by atoms with Crippen molar-refractivity contribution < 1.29 is 0 Å². The van der Waals surface area contributed by atoms with Crippen LogP contribution in [0.5, 0.6) is 0 Å². The standard InChI is InChI=1S/C21H28N4/c1-6-13-23(14-7-1)15-8-16-24-17-18-25(21-11-4-5-12-22-21)20-10-3-2-9-19(20)24/h2-5,9-12H,1,6-8,13-18H2. The van der Waals surface area contributed by atoms with E-state index in [9.17, 15) is 0 Å². The van der Waals surface area contributed by atoms with Crippen LogP contribution < -0.4 is 9.80 Å². The zero-order valence-corrected chi connectivity index (χ0v) is 15.0. The molecule has 4 rings (SSSR count). The van der Waals surface area contributed by atoms with Gasteiger partial charge in [0, 0.05) is 25.8 Å². The summed E-state index contributed by atoms with van der Waals surface area (Å²) in [4.78, 5) is 12.1. The summed E-state index contributed by atoms with van der Waals surface area (Å²) in [6, 6.07) is 14.9. The maximum Gasteiger partial charge on any atom is 0.133 e. The van der Waals surface area contributed by atoms with Crippen LogP contribution in [0.3, 0.4) is 0 Å². The van der Waals surface area contributed by atoms with Crippen molar-refractivity contribution in [1.82, 2.24) is 9.88 Å². The molecule has 2 aliphatic rings. The first kappa shape index (κ1) is 16.4. The molecule has 1 fully saturated rings. The van der Waals surface area contributed by atoms with Gasteiger partial charge in [0.25, 0.3) is 0 Å². The molecule has 0 radical (unpaired) electrons. The van der Waals surface area contributed by atoms with Crippen LogP contribution in [0.2, 0.25) is 0 Å². The summed E-state index contributed by atoms with van der Waals surface area (Å²) in [6.07, 6.45) is 7.30. The maximum atomic E-state index is 4.55. The number of anilines is 3. The van der Waals surface area contributed by atoms with E-state index in [4.69, 9.17) is 0 Å². The van der Waals surface area contributed by atoms with Gasteiger partial charge in [0.1, 0.15) is 5.82 Å². The van der Waals surface area contributed by atoms with Gasteiger partial charge in [-0.2, -0.15) is 0 Å². The molecule has 1 aromatic carbocycles. The Morgan fingerprint density at radius 1 is 0.760 bits per heavy atom. The van der Waals surface area contributed by atoms with Gasteiger partial charge in [-0.25, -0.2) is 4.98 Å². The third-order valence-corrected chi connectivity index (χ3v) is 5.38. The Hall–Kier alpha value is -2.07. The van der Waals surface area contributed by atoms with Crippen LogP contribution in [0.25, 0.3) is 0 Å². The van der Waals surface area contributed by atoms with Crippen molar-refractivity contribution in [3.8, 4) is 0 Å². The predicted molar refractivity (Wildman–Crippen MR) is 105 cm³/mol. The van der Waals surface area contributed by atoms with Crippen LogP contribution in [0, 0.1) is 0 Å². The van der Waals surface area contributed by atoms with E-state index >= 15 is 0 Å². The number of aromatic nitrogens is 1. The molecule has 0 unspecified atom stereocenters. The Balaban J connectivity index is 1.43. The molecule has 4 heteroatoms. The van der Waals surface area contributed by atoms with E-state index in [1.165, 1.54) is 56.7 Å². The zero-order chi connectivity index (χ0) is 16.9. The van der Waals surface area contributed by atoms with Gasteiger partial charge in [-0.15, -0.1) is 0 Å². The van der Waals surface area contributed by atoms with E-state index in [1.54, 1.807) is 0 Å². The molecule has 1 saturated heterocycles. The smallest absolute Gasteiger partial charge is 0.133 e. The number of nitrogens with zero attached hydrogens (tertiary/aromatic N) is 4. The average molecular weight is 336 g/mol. The fraction of sp³-hybridized carbons (Fsp3) is 0.476. The van der Waals surface area contributed by atoms with Crippen molar-refractivity contribution in [2.24, 2.45) is 0 Å². The number of benzene rings is 1. The number of likely N-dealkylation sites (tertiary alicyclic amines) is 1. The Morgan fingerprint density at radius 2 is 1.56 bits per heavy atom. The van der Waals surface area contributed by atoms with Crippen molar-refractivity contribution >= 4 is 17.2 Å². The SMILES string of the molecule is c1ccc(N2CCN(CCCN3CCCCC3)c3ccccc32)nc1. The number of fused-ring (bicyclic) bond motifs is 1. The van der Waals surface area contributed by atoms with Gasteiger partial charge in [0.15, 0.2) is 0 Å². The minimum Gasteiger partial charge on any atom is -0.368 e. The number of rotatable bonds is 5. The molecule has 3 heterocycles. The van der Waals surface area contributed by atoms with Gasteiger partial charge in [0.05, 0.1) is 11.4 Å². The molecule has 25 heavy (non-hydrogen) atoms. The molecule has 0 saturated carbocycles. The van der Waals surface area contributed by atoms with E-state index < -0.39 is 0 Å². The largest absolute Gasteiger partial charge is 0.368 e. The van der Waals surface area contributed by atoms with Crippen LogP contribution in [0.1, 0.15) is 25.7 Å². The molecule has 1 aromatic heterocycles. The Labute approximate surface area is 151 Å². The molecule has 0 N–H and O–H groups in total. The Kier molecular flexibility index (Phi) is 5.17. The normalized spacial score (nSPS) is 18.2. The molecular weight excluding hydrogens is 308 g/mol. The van der Waals surface area contributed by atoms with Gasteiger partial charge in [-0.1, -0.05) is 24.6 Å². The first-order chi connectivity index (χ1) is 12.4. The minimum absolute atomic E-state index is 0.998. The van der Waals surface area contributed by atoms with Crippen LogP contribution in [0.4, 0.5) is 17.2 Å². The summed E-state index contributed by atoms with van der Waals surface area (Å²) in [5, 5.41) is 0. The topological polar surface area (TPSA) is 22.6 Å². The second kappa shape index (κ2) is 7.87. The monoisotopic (exact) mass is 336 g/mol. The number of hydrogen-bond acceptors (Lipinski definition) is 4. The zero-order valence-electron chi connectivity index (χ0n) is 15.0. The fourth-order valence-electron chi connectivity index (χ4n) is 4.07. The number of piperidine rings is 1. The lowest BCUT2D eigenvalue weighted by Gasteiger charge is -2.38. The summed E-state index contributed by atoms with van der Waals surface area (Å²) < 4.78 is 0. The van der Waals surface area contributed by atoms with Gasteiger partial charge in [-0.3, -0.25) is 0 Å². The molecular formula is C21H28N4. The molecule has 0 spiro atoms. The number of pyridine rings is 1. The van der Waals surface area contributed by atoms with E-state index in [2.05, 4.69) is 56.1 Å². The van der Waals surface area contributed by atoms with Crippen molar-refractivity contribution in [1.29, 1.82) is 0 Å². The quantitative estimate of drug-likeness (QED) is 0.825. The lowest BCUT2D eigenvalue weighted by molar-refractivity contribution is 0.227. The van der Waals surface area contributed by atoms with E-state index in [0.29, 0.717) is 0 Å². The molecule has 0 bridgehead atoms. The van der Waals surface area contributed by atoms with Gasteiger partial charge < -0.3 is 14.7 Å². The fourth-order valence-corrected chi connectivity index (χ4v) is 4.07. The summed E-state index contributed by atoms with van der Waals surface area (Å²) in [5.41, 5.74) is 2.63. The predicted octanol–water partition coefficient (Wildman–Crippen LogP) is 3.92. The van der Waals surface area contributed by atoms with Gasteiger partial charge >= 0.3 is 0 Å². The molecule has 0 atom stereocenters. The molecule has 2 aliphatic heterocycles. The third kappa shape index (κ3) is 3.79. The van der Waals surface area contributed by atoms with Gasteiger partial charge in [0.2, 0.25) is 0 Å². The lowest BCUT2D eigenvalue weighted by atomic mass is 10.1. The maximum absolute atomic E-state index is 4.55. The third-order valence-electron chi connectivity index (χ3n) is 5.38. The summed E-state index contributed by atoms with van der Waals surface area (Å²) in [5.74, 6) is 1.04. The van der Waals surface area contributed by atoms with E-state index in [-0.39, 0.29) is 0 Å². The van der Waals surface area contributed by atoms with Crippen molar-refractivity contribution in [2.45, 2.75) is 25.7 Å². The van der Waals surface area contributed by atoms with Crippen LogP contribution in [0.15, 0.2) is 48.7 Å². The second-order valence-electron chi connectivity index (χ2n) is 7.07. The van der Waals surface area contributed by atoms with Crippen molar-refractivity contribution in [3.05, 3.63) is 48.7 Å². The van der Waals surface area contributed by atoms with Gasteiger partial charge in [-0.05, 0) is 63.2 Å². The highest BCUT2D eigenvalue weighted by Gasteiger charge is 2.23. The first-order valence-corrected chi connectivity index (χ1v) is 9.67. The second-order valence-corrected chi connectivity index (χ2v) is 7.07. The first-order valence-electron chi connectivity index (χ1n) is 9.67. The Morgan fingerprint density at radius 3 is 2.36 bits per heavy atom. The molecule has 132 valence electrons. The van der Waals surface area contributed by atoms with Crippen molar-refractivity contribution in [3.63, 3.8) is 0 Å². The van der Waals surface area contributed by atoms with Crippen LogP contribution >= 0.6 is 0 Å². The highest BCUT2D eigenvalue weighted by molar-refractivity contribution is 5.78. The highest BCUT2D eigenvalue weighted by Crippen LogP contribution is 2.36. The molecule has 0 aliphatic carbocycles. The Bertz CT molecular complexity index is 667. The average Bonchev–Trinajstić information content (AvgIpc) is 2.69. The van der Waals surface area contributed by atoms with Crippen LogP contribution in [-0.4, -0.2) is 49.2 Å². The van der Waals surface area contributed by atoms with E-state index in [0.717, 1.165) is 25.5 Å². The van der Waals surface area contributed by atoms with E-state index in [1.807, 2.05) is 12.3 Å². The molecule has 0 amide bonds. The number of hydrogen-bond donors (Lipinski definition) is 0.